The number of benzene rings is 1. The minimum Gasteiger partial charge on any atom is -0.490 e. The van der Waals surface area contributed by atoms with Crippen LogP contribution in [0.2, 0.25) is 0 Å². The molecule has 0 radical (unpaired) electrons. The number of nitrogens with zero attached hydrogens (tertiary/aromatic N) is 1. The first-order chi connectivity index (χ1) is 13.2. The van der Waals surface area contributed by atoms with Gasteiger partial charge >= 0.3 is 5.97 Å². The standard InChI is InChI=1S/C21H31NO6/c1-6-27-16-9-8-15(12-17(16)28-7-2)20(3,4)18(23)22-11-10-21(13-22,14-26-5)19(24)25/h8-9,12H,6-7,10-11,13-14H2,1-5H3,(H,24,25). The van der Waals surface area contributed by atoms with E-state index in [0.717, 1.165) is 5.56 Å². The molecule has 1 N–H and O–H groups in total. The Hall–Kier alpha value is -2.28. The molecule has 1 aliphatic heterocycles. The van der Waals surface area contributed by atoms with Crippen LogP contribution >= 0.6 is 0 Å². The van der Waals surface area contributed by atoms with E-state index in [0.29, 0.717) is 37.7 Å². The molecule has 1 fully saturated rings. The monoisotopic (exact) mass is 393 g/mol. The number of likely N-dealkylation sites (tertiary alicyclic amines) is 1. The van der Waals surface area contributed by atoms with Crippen LogP contribution in [-0.4, -0.2) is 61.9 Å². The SMILES string of the molecule is CCOc1ccc(C(C)(C)C(=O)N2CCC(COC)(C(=O)O)C2)cc1OCC. The van der Waals surface area contributed by atoms with Crippen LogP contribution in [0.1, 0.15) is 39.7 Å². The molecule has 0 spiro atoms. The minimum absolute atomic E-state index is 0.0874. The van der Waals surface area contributed by atoms with Gasteiger partial charge in [0.05, 0.1) is 25.2 Å². The highest BCUT2D eigenvalue weighted by Gasteiger charge is 2.48. The van der Waals surface area contributed by atoms with E-state index in [4.69, 9.17) is 14.2 Å². The molecule has 2 rings (SSSR count). The van der Waals surface area contributed by atoms with Crippen molar-refractivity contribution in [2.75, 3.05) is 40.0 Å². The van der Waals surface area contributed by atoms with Gasteiger partial charge in [-0.15, -0.1) is 0 Å². The molecule has 1 aliphatic rings. The fourth-order valence-electron chi connectivity index (χ4n) is 3.63. The molecule has 1 atom stereocenters. The number of hydrogen-bond donors (Lipinski definition) is 1. The molecule has 28 heavy (non-hydrogen) atoms. The zero-order valence-electron chi connectivity index (χ0n) is 17.4. The van der Waals surface area contributed by atoms with E-state index in [-0.39, 0.29) is 19.1 Å². The molecule has 1 unspecified atom stereocenters. The van der Waals surface area contributed by atoms with Crippen molar-refractivity contribution in [2.24, 2.45) is 5.41 Å². The van der Waals surface area contributed by atoms with Gasteiger partial charge in [0, 0.05) is 20.2 Å². The van der Waals surface area contributed by atoms with E-state index in [2.05, 4.69) is 0 Å². The van der Waals surface area contributed by atoms with Crippen molar-refractivity contribution in [1.82, 2.24) is 4.90 Å². The van der Waals surface area contributed by atoms with Crippen molar-refractivity contribution in [3.05, 3.63) is 23.8 Å². The summed E-state index contributed by atoms with van der Waals surface area (Å²) in [5, 5.41) is 9.64. The quantitative estimate of drug-likeness (QED) is 0.694. The van der Waals surface area contributed by atoms with E-state index in [1.165, 1.54) is 7.11 Å². The Morgan fingerprint density at radius 3 is 2.39 bits per heavy atom. The van der Waals surface area contributed by atoms with E-state index in [9.17, 15) is 14.7 Å². The van der Waals surface area contributed by atoms with Crippen LogP contribution < -0.4 is 9.47 Å². The lowest BCUT2D eigenvalue weighted by Crippen LogP contribution is -2.45. The fraction of sp³-hybridized carbons (Fsp3) is 0.619. The number of carboxylic acid groups (broad SMARTS) is 1. The molecule has 0 aliphatic carbocycles. The third-order valence-electron chi connectivity index (χ3n) is 5.32. The Labute approximate surface area is 166 Å². The van der Waals surface area contributed by atoms with E-state index in [1.54, 1.807) is 4.90 Å². The van der Waals surface area contributed by atoms with Gasteiger partial charge < -0.3 is 24.2 Å². The minimum atomic E-state index is -1.05. The van der Waals surface area contributed by atoms with Crippen molar-refractivity contribution >= 4 is 11.9 Å². The Morgan fingerprint density at radius 1 is 1.18 bits per heavy atom. The smallest absolute Gasteiger partial charge is 0.313 e. The maximum Gasteiger partial charge on any atom is 0.313 e. The third kappa shape index (κ3) is 4.24. The largest absolute Gasteiger partial charge is 0.490 e. The topological polar surface area (TPSA) is 85.3 Å². The number of carbonyl (C=O) groups is 2. The predicted molar refractivity (Wildman–Crippen MR) is 105 cm³/mol. The van der Waals surface area contributed by atoms with E-state index < -0.39 is 16.8 Å². The lowest BCUT2D eigenvalue weighted by atomic mass is 9.82. The lowest BCUT2D eigenvalue weighted by Gasteiger charge is -2.31. The van der Waals surface area contributed by atoms with Gasteiger partial charge in [0.1, 0.15) is 5.41 Å². The first-order valence-corrected chi connectivity index (χ1v) is 9.63. The number of methoxy groups -OCH3 is 1. The van der Waals surface area contributed by atoms with Gasteiger partial charge in [0.15, 0.2) is 11.5 Å². The number of amides is 1. The first-order valence-electron chi connectivity index (χ1n) is 9.63. The van der Waals surface area contributed by atoms with E-state index in [1.807, 2.05) is 45.9 Å². The van der Waals surface area contributed by atoms with Crippen LogP contribution in [0.25, 0.3) is 0 Å². The first kappa shape index (κ1) is 22.0. The van der Waals surface area contributed by atoms with Gasteiger partial charge in [-0.25, -0.2) is 0 Å². The second kappa shape index (κ2) is 8.82. The molecule has 7 heteroatoms. The van der Waals surface area contributed by atoms with Crippen LogP contribution in [-0.2, 0) is 19.7 Å². The summed E-state index contributed by atoms with van der Waals surface area (Å²) in [5.74, 6) is 0.200. The zero-order chi connectivity index (χ0) is 20.9. The van der Waals surface area contributed by atoms with Crippen LogP contribution in [0.3, 0.4) is 0 Å². The van der Waals surface area contributed by atoms with Crippen LogP contribution in [0.15, 0.2) is 18.2 Å². The molecule has 0 bridgehead atoms. The van der Waals surface area contributed by atoms with E-state index >= 15 is 0 Å². The highest BCUT2D eigenvalue weighted by molar-refractivity contribution is 5.89. The molecule has 1 aromatic rings. The van der Waals surface area contributed by atoms with Gasteiger partial charge in [-0.3, -0.25) is 9.59 Å². The number of rotatable bonds is 9. The van der Waals surface area contributed by atoms with Crippen molar-refractivity contribution in [1.29, 1.82) is 0 Å². The maximum atomic E-state index is 13.3. The molecule has 1 amide bonds. The lowest BCUT2D eigenvalue weighted by molar-refractivity contribution is -0.152. The Kier molecular flexibility index (Phi) is 6.93. The summed E-state index contributed by atoms with van der Waals surface area (Å²) in [6.07, 6.45) is 0.380. The number of ether oxygens (including phenoxy) is 3. The average molecular weight is 393 g/mol. The second-order valence-electron chi connectivity index (χ2n) is 7.65. The van der Waals surface area contributed by atoms with Crippen LogP contribution in [0, 0.1) is 5.41 Å². The van der Waals surface area contributed by atoms with Gasteiger partial charge in [0.25, 0.3) is 0 Å². The summed E-state index contributed by atoms with van der Waals surface area (Å²) in [7, 11) is 1.48. The van der Waals surface area contributed by atoms with Gasteiger partial charge in [-0.1, -0.05) is 6.07 Å². The second-order valence-corrected chi connectivity index (χ2v) is 7.65. The Balaban J connectivity index is 2.27. The third-order valence-corrected chi connectivity index (χ3v) is 5.32. The molecule has 1 aromatic carbocycles. The number of carboxylic acids is 1. The molecule has 1 heterocycles. The van der Waals surface area contributed by atoms with Crippen molar-refractivity contribution in [2.45, 2.75) is 39.5 Å². The molecular formula is C21H31NO6. The summed E-state index contributed by atoms with van der Waals surface area (Å²) in [5.41, 5.74) is -1.09. The maximum absolute atomic E-state index is 13.3. The molecule has 156 valence electrons. The van der Waals surface area contributed by atoms with Crippen molar-refractivity contribution < 1.29 is 28.9 Å². The number of hydrogen-bond acceptors (Lipinski definition) is 5. The summed E-state index contributed by atoms with van der Waals surface area (Å²) >= 11 is 0. The Bertz CT molecular complexity index is 717. The normalized spacial score (nSPS) is 19.5. The van der Waals surface area contributed by atoms with Crippen molar-refractivity contribution in [3.8, 4) is 11.5 Å². The zero-order valence-corrected chi connectivity index (χ0v) is 17.4. The molecule has 7 nitrogen and oxygen atoms in total. The summed E-state index contributed by atoms with van der Waals surface area (Å²) < 4.78 is 16.4. The predicted octanol–water partition coefficient (Wildman–Crippen LogP) is 2.71. The number of carbonyl (C=O) groups excluding carboxylic acids is 1. The van der Waals surface area contributed by atoms with Crippen molar-refractivity contribution in [3.63, 3.8) is 0 Å². The highest BCUT2D eigenvalue weighted by atomic mass is 16.5. The fourth-order valence-corrected chi connectivity index (χ4v) is 3.63. The Morgan fingerprint density at radius 2 is 1.82 bits per heavy atom. The average Bonchev–Trinajstić information content (AvgIpc) is 3.08. The van der Waals surface area contributed by atoms with Crippen LogP contribution in [0.4, 0.5) is 0 Å². The van der Waals surface area contributed by atoms with Gasteiger partial charge in [-0.05, 0) is 51.8 Å². The molecular weight excluding hydrogens is 362 g/mol. The summed E-state index contributed by atoms with van der Waals surface area (Å²) in [6.45, 7) is 9.12. The molecule has 0 saturated carbocycles. The van der Waals surface area contributed by atoms with Crippen LogP contribution in [0.5, 0.6) is 11.5 Å². The van der Waals surface area contributed by atoms with Gasteiger partial charge in [-0.2, -0.15) is 0 Å². The molecule has 0 aromatic heterocycles. The summed E-state index contributed by atoms with van der Waals surface area (Å²) in [6, 6.07) is 5.51. The highest BCUT2D eigenvalue weighted by Crippen LogP contribution is 2.38. The molecule has 1 saturated heterocycles. The van der Waals surface area contributed by atoms with Gasteiger partial charge in [0.2, 0.25) is 5.91 Å². The summed E-state index contributed by atoms with van der Waals surface area (Å²) in [4.78, 5) is 26.7. The number of aliphatic carboxylic acids is 1.